The number of ether oxygens (including phenoxy) is 1. The van der Waals surface area contributed by atoms with E-state index in [1.165, 1.54) is 18.2 Å². The Balaban J connectivity index is 2.14. The third-order valence-corrected chi connectivity index (χ3v) is 3.62. The molecule has 0 amide bonds. The Morgan fingerprint density at radius 2 is 2.00 bits per heavy atom. The molecule has 19 heavy (non-hydrogen) atoms. The van der Waals surface area contributed by atoms with E-state index in [2.05, 4.69) is 0 Å². The molecule has 0 N–H and O–H groups in total. The summed E-state index contributed by atoms with van der Waals surface area (Å²) in [4.78, 5) is 22.1. The summed E-state index contributed by atoms with van der Waals surface area (Å²) < 4.78 is 5.35. The van der Waals surface area contributed by atoms with Crippen LogP contribution in [0.25, 0.3) is 0 Å². The minimum atomic E-state index is -0.611. The van der Waals surface area contributed by atoms with Crippen LogP contribution in [-0.2, 0) is 4.74 Å². The van der Waals surface area contributed by atoms with Crippen LogP contribution >= 0.6 is 11.6 Å². The molecule has 0 radical (unpaired) electrons. The monoisotopic (exact) mass is 283 g/mol. The van der Waals surface area contributed by atoms with Crippen LogP contribution in [0.2, 0.25) is 5.02 Å². The normalized spacial score (nSPS) is 16.1. The van der Waals surface area contributed by atoms with Crippen LogP contribution in [0.3, 0.4) is 0 Å². The van der Waals surface area contributed by atoms with E-state index in [0.717, 1.165) is 32.1 Å². The first-order chi connectivity index (χ1) is 9.09. The molecule has 0 atom stereocenters. The van der Waals surface area contributed by atoms with Gasteiger partial charge in [-0.15, -0.1) is 0 Å². The van der Waals surface area contributed by atoms with Gasteiger partial charge in [0.2, 0.25) is 0 Å². The highest BCUT2D eigenvalue weighted by Gasteiger charge is 2.24. The summed E-state index contributed by atoms with van der Waals surface area (Å²) >= 11 is 5.87. The lowest BCUT2D eigenvalue weighted by Gasteiger charge is -2.21. The molecule has 1 aliphatic carbocycles. The summed E-state index contributed by atoms with van der Waals surface area (Å²) in [7, 11) is 0. The summed E-state index contributed by atoms with van der Waals surface area (Å²) in [5, 5.41) is 10.6. The molecule has 0 aromatic heterocycles. The maximum atomic E-state index is 12.0. The highest BCUT2D eigenvalue weighted by atomic mass is 35.5. The Morgan fingerprint density at radius 3 is 2.63 bits per heavy atom. The number of nitro groups is 1. The lowest BCUT2D eigenvalue weighted by atomic mass is 9.98. The zero-order valence-corrected chi connectivity index (χ0v) is 11.1. The van der Waals surface area contributed by atoms with Gasteiger partial charge in [0.25, 0.3) is 5.69 Å². The summed E-state index contributed by atoms with van der Waals surface area (Å²) in [5.74, 6) is -0.583. The quantitative estimate of drug-likeness (QED) is 0.481. The molecule has 0 unspecified atom stereocenters. The molecular formula is C13H14ClNO4. The molecule has 5 nitrogen and oxygen atoms in total. The third-order valence-electron chi connectivity index (χ3n) is 3.22. The molecule has 2 rings (SSSR count). The molecule has 1 fully saturated rings. The topological polar surface area (TPSA) is 69.4 Å². The van der Waals surface area contributed by atoms with Crippen LogP contribution < -0.4 is 0 Å². The SMILES string of the molecule is O=C(OC1CCCCC1)c1cccc([N+](=O)[O-])c1Cl. The van der Waals surface area contributed by atoms with E-state index in [0.29, 0.717) is 0 Å². The zero-order chi connectivity index (χ0) is 13.8. The fraction of sp³-hybridized carbons (Fsp3) is 0.462. The predicted octanol–water partition coefficient (Wildman–Crippen LogP) is 3.74. The van der Waals surface area contributed by atoms with Gasteiger partial charge in [-0.2, -0.15) is 0 Å². The van der Waals surface area contributed by atoms with Gasteiger partial charge in [-0.1, -0.05) is 24.1 Å². The van der Waals surface area contributed by atoms with E-state index in [9.17, 15) is 14.9 Å². The first kappa shape index (κ1) is 13.8. The summed E-state index contributed by atoms with van der Waals surface area (Å²) in [6, 6.07) is 4.14. The van der Waals surface area contributed by atoms with Crippen LogP contribution in [0, 0.1) is 10.1 Å². The van der Waals surface area contributed by atoms with Crippen LogP contribution in [-0.4, -0.2) is 17.0 Å². The Kier molecular flexibility index (Phi) is 4.37. The maximum absolute atomic E-state index is 12.0. The summed E-state index contributed by atoms with van der Waals surface area (Å²) in [5.41, 5.74) is -0.221. The van der Waals surface area contributed by atoms with Gasteiger partial charge < -0.3 is 4.74 Å². The van der Waals surface area contributed by atoms with Crippen molar-refractivity contribution >= 4 is 23.3 Å². The summed E-state index contributed by atoms with van der Waals surface area (Å²) in [6.45, 7) is 0. The first-order valence-corrected chi connectivity index (χ1v) is 6.61. The van der Waals surface area contributed by atoms with Crippen molar-refractivity contribution in [2.24, 2.45) is 0 Å². The van der Waals surface area contributed by atoms with Crippen molar-refractivity contribution in [3.63, 3.8) is 0 Å². The van der Waals surface area contributed by atoms with E-state index < -0.39 is 10.9 Å². The second-order valence-corrected chi connectivity index (χ2v) is 4.94. The zero-order valence-electron chi connectivity index (χ0n) is 10.3. The largest absolute Gasteiger partial charge is 0.459 e. The van der Waals surface area contributed by atoms with Gasteiger partial charge in [0.05, 0.1) is 10.5 Å². The van der Waals surface area contributed by atoms with Crippen molar-refractivity contribution in [1.82, 2.24) is 0 Å². The van der Waals surface area contributed by atoms with Crippen LogP contribution in [0.15, 0.2) is 18.2 Å². The van der Waals surface area contributed by atoms with Crippen LogP contribution in [0.5, 0.6) is 0 Å². The highest BCUT2D eigenvalue weighted by Crippen LogP contribution is 2.29. The first-order valence-electron chi connectivity index (χ1n) is 6.23. The molecule has 0 saturated heterocycles. The number of hydrogen-bond acceptors (Lipinski definition) is 4. The fourth-order valence-corrected chi connectivity index (χ4v) is 2.49. The molecule has 6 heteroatoms. The standard InChI is InChI=1S/C13H14ClNO4/c14-12-10(7-4-8-11(12)15(17)18)13(16)19-9-5-2-1-3-6-9/h4,7-9H,1-3,5-6H2. The smallest absolute Gasteiger partial charge is 0.340 e. The highest BCUT2D eigenvalue weighted by molar-refractivity contribution is 6.35. The number of carbonyl (C=O) groups is 1. The number of nitro benzene ring substituents is 1. The maximum Gasteiger partial charge on any atom is 0.340 e. The second kappa shape index (κ2) is 6.02. The van der Waals surface area contributed by atoms with Crippen molar-refractivity contribution in [2.75, 3.05) is 0 Å². The molecule has 1 aliphatic rings. The molecular weight excluding hydrogens is 270 g/mol. The number of rotatable bonds is 3. The van der Waals surface area contributed by atoms with Crippen molar-refractivity contribution in [2.45, 2.75) is 38.2 Å². The van der Waals surface area contributed by atoms with Gasteiger partial charge in [-0.05, 0) is 31.7 Å². The van der Waals surface area contributed by atoms with E-state index in [4.69, 9.17) is 16.3 Å². The molecule has 0 spiro atoms. The Hall–Kier alpha value is -1.62. The number of hydrogen-bond donors (Lipinski definition) is 0. The Labute approximate surface area is 115 Å². The summed E-state index contributed by atoms with van der Waals surface area (Å²) in [6.07, 6.45) is 4.83. The average Bonchev–Trinajstić information content (AvgIpc) is 2.39. The minimum absolute atomic E-state index is 0.0569. The Morgan fingerprint density at radius 1 is 1.32 bits per heavy atom. The lowest BCUT2D eigenvalue weighted by molar-refractivity contribution is -0.384. The number of benzene rings is 1. The van der Waals surface area contributed by atoms with Crippen molar-refractivity contribution in [1.29, 1.82) is 0 Å². The fourth-order valence-electron chi connectivity index (χ4n) is 2.22. The number of halogens is 1. The van der Waals surface area contributed by atoms with E-state index in [-0.39, 0.29) is 22.4 Å². The molecule has 0 aliphatic heterocycles. The van der Waals surface area contributed by atoms with Gasteiger partial charge in [0.15, 0.2) is 0 Å². The molecule has 1 aromatic carbocycles. The average molecular weight is 284 g/mol. The van der Waals surface area contributed by atoms with Crippen molar-refractivity contribution in [3.05, 3.63) is 38.9 Å². The Bertz CT molecular complexity index is 497. The number of esters is 1. The number of nitrogens with zero attached hydrogens (tertiary/aromatic N) is 1. The predicted molar refractivity (Wildman–Crippen MR) is 70.4 cm³/mol. The molecule has 0 heterocycles. The number of carbonyl (C=O) groups excluding carboxylic acids is 1. The molecule has 0 bridgehead atoms. The van der Waals surface area contributed by atoms with E-state index in [1.54, 1.807) is 0 Å². The van der Waals surface area contributed by atoms with Gasteiger partial charge in [-0.3, -0.25) is 10.1 Å². The third kappa shape index (κ3) is 3.23. The van der Waals surface area contributed by atoms with E-state index >= 15 is 0 Å². The van der Waals surface area contributed by atoms with Gasteiger partial charge in [0.1, 0.15) is 11.1 Å². The van der Waals surface area contributed by atoms with Crippen LogP contribution in [0.1, 0.15) is 42.5 Å². The van der Waals surface area contributed by atoms with Crippen LogP contribution in [0.4, 0.5) is 5.69 Å². The van der Waals surface area contributed by atoms with Gasteiger partial charge >= 0.3 is 5.97 Å². The lowest BCUT2D eigenvalue weighted by Crippen LogP contribution is -2.21. The van der Waals surface area contributed by atoms with Crippen molar-refractivity contribution < 1.29 is 14.5 Å². The molecule has 102 valence electrons. The van der Waals surface area contributed by atoms with Gasteiger partial charge in [-0.25, -0.2) is 4.79 Å². The molecule has 1 aromatic rings. The van der Waals surface area contributed by atoms with Gasteiger partial charge in [0, 0.05) is 6.07 Å². The second-order valence-electron chi connectivity index (χ2n) is 4.56. The van der Waals surface area contributed by atoms with Crippen molar-refractivity contribution in [3.8, 4) is 0 Å². The molecule has 1 saturated carbocycles. The van der Waals surface area contributed by atoms with E-state index in [1.807, 2.05) is 0 Å². The minimum Gasteiger partial charge on any atom is -0.459 e.